The monoisotopic (exact) mass is 403 g/mol. The molecule has 1 spiro atoms. The van der Waals surface area contributed by atoms with Crippen LogP contribution in [0.25, 0.3) is 0 Å². The van der Waals surface area contributed by atoms with Crippen molar-refractivity contribution in [3.8, 4) is 5.75 Å². The molecule has 2 aliphatic carbocycles. The number of ether oxygens (including phenoxy) is 1. The highest BCUT2D eigenvalue weighted by atomic mass is 16.5. The molecule has 0 unspecified atom stereocenters. The van der Waals surface area contributed by atoms with Gasteiger partial charge in [-0.15, -0.1) is 0 Å². The van der Waals surface area contributed by atoms with E-state index in [4.69, 9.17) is 4.74 Å². The third kappa shape index (κ3) is 3.22. The van der Waals surface area contributed by atoms with Crippen molar-refractivity contribution in [1.82, 2.24) is 4.90 Å². The smallest absolute Gasteiger partial charge is 0.322 e. The summed E-state index contributed by atoms with van der Waals surface area (Å²) in [6.45, 7) is 4.91. The van der Waals surface area contributed by atoms with Crippen LogP contribution in [0.1, 0.15) is 42.4 Å². The van der Waals surface area contributed by atoms with Crippen LogP contribution >= 0.6 is 0 Å². The minimum atomic E-state index is 0.0462. The molecule has 156 valence electrons. The average molecular weight is 404 g/mol. The molecular formula is C25H29N3O2. The van der Waals surface area contributed by atoms with Gasteiger partial charge >= 0.3 is 6.03 Å². The number of amides is 2. The van der Waals surface area contributed by atoms with E-state index >= 15 is 0 Å². The summed E-state index contributed by atoms with van der Waals surface area (Å²) in [5, 5.41) is 6.70. The van der Waals surface area contributed by atoms with Crippen LogP contribution < -0.4 is 15.4 Å². The predicted molar refractivity (Wildman–Crippen MR) is 120 cm³/mol. The maximum atomic E-state index is 12.7. The normalized spacial score (nSPS) is 24.8. The van der Waals surface area contributed by atoms with E-state index in [9.17, 15) is 4.79 Å². The van der Waals surface area contributed by atoms with Crippen molar-refractivity contribution in [1.29, 1.82) is 0 Å². The van der Waals surface area contributed by atoms with Gasteiger partial charge in [0.15, 0.2) is 0 Å². The molecule has 2 amide bonds. The molecule has 0 atom stereocenters. The number of nitrogens with zero attached hydrogens (tertiary/aromatic N) is 1. The Labute approximate surface area is 178 Å². The molecule has 1 fully saturated rings. The second-order valence-electron chi connectivity index (χ2n) is 8.91. The molecule has 1 aliphatic heterocycles. The Hall–Kier alpha value is -2.95. The van der Waals surface area contributed by atoms with Crippen LogP contribution in [0.3, 0.4) is 0 Å². The van der Waals surface area contributed by atoms with E-state index in [1.165, 1.54) is 16.8 Å². The molecule has 30 heavy (non-hydrogen) atoms. The Morgan fingerprint density at radius 3 is 2.67 bits per heavy atom. The van der Waals surface area contributed by atoms with E-state index in [1.807, 2.05) is 23.1 Å². The number of benzene rings is 2. The fourth-order valence-corrected chi connectivity index (χ4v) is 5.11. The lowest BCUT2D eigenvalue weighted by Crippen LogP contribution is -2.47. The number of fused-ring (bicyclic) bond motifs is 1. The zero-order chi connectivity index (χ0) is 20.9. The molecule has 0 aromatic heterocycles. The van der Waals surface area contributed by atoms with Crippen LogP contribution in [0.4, 0.5) is 16.2 Å². The Kier molecular flexibility index (Phi) is 4.49. The van der Waals surface area contributed by atoms with Crippen molar-refractivity contribution in [3.63, 3.8) is 0 Å². The van der Waals surface area contributed by atoms with E-state index in [0.29, 0.717) is 6.04 Å². The summed E-state index contributed by atoms with van der Waals surface area (Å²) in [7, 11) is 1.70. The summed E-state index contributed by atoms with van der Waals surface area (Å²) in [4.78, 5) is 14.8. The largest absolute Gasteiger partial charge is 0.496 e. The molecule has 2 aromatic rings. The number of nitrogens with one attached hydrogen (secondary N) is 2. The van der Waals surface area contributed by atoms with Crippen molar-refractivity contribution in [2.75, 3.05) is 17.7 Å². The second-order valence-corrected chi connectivity index (χ2v) is 8.91. The number of urea groups is 1. The molecule has 3 aliphatic rings. The molecule has 5 nitrogen and oxygen atoms in total. The minimum Gasteiger partial charge on any atom is -0.496 e. The SMILES string of the molecule is COc1ccc(NC2=CC23CCC(N2Cc4c(C)cccc4NC2=O)CC3)cc1C. The van der Waals surface area contributed by atoms with Gasteiger partial charge in [-0.25, -0.2) is 4.79 Å². The molecule has 5 heteroatoms. The van der Waals surface area contributed by atoms with Gasteiger partial charge in [-0.1, -0.05) is 18.2 Å². The number of aryl methyl sites for hydroxylation is 2. The van der Waals surface area contributed by atoms with E-state index in [-0.39, 0.29) is 11.4 Å². The van der Waals surface area contributed by atoms with Crippen LogP contribution in [-0.2, 0) is 6.54 Å². The molecule has 5 rings (SSSR count). The van der Waals surface area contributed by atoms with Gasteiger partial charge in [0.1, 0.15) is 5.75 Å². The van der Waals surface area contributed by atoms with Gasteiger partial charge in [0.05, 0.1) is 13.7 Å². The van der Waals surface area contributed by atoms with E-state index in [0.717, 1.165) is 54.9 Å². The number of carbonyl (C=O) groups is 1. The average Bonchev–Trinajstić information content (AvgIpc) is 3.39. The summed E-state index contributed by atoms with van der Waals surface area (Å²) in [5.41, 5.74) is 7.23. The number of allylic oxidation sites excluding steroid dienone is 2. The first-order valence-corrected chi connectivity index (χ1v) is 10.8. The lowest BCUT2D eigenvalue weighted by molar-refractivity contribution is 0.145. The number of carbonyl (C=O) groups excluding carboxylic acids is 1. The van der Waals surface area contributed by atoms with Crippen LogP contribution in [0.15, 0.2) is 48.2 Å². The zero-order valence-electron chi connectivity index (χ0n) is 17.9. The Bertz CT molecular complexity index is 1030. The van der Waals surface area contributed by atoms with E-state index in [1.54, 1.807) is 7.11 Å². The quantitative estimate of drug-likeness (QED) is 0.699. The molecular weight excluding hydrogens is 374 g/mol. The van der Waals surface area contributed by atoms with Crippen LogP contribution in [0, 0.1) is 19.3 Å². The van der Waals surface area contributed by atoms with Crippen molar-refractivity contribution < 1.29 is 9.53 Å². The Morgan fingerprint density at radius 1 is 1.13 bits per heavy atom. The first-order chi connectivity index (χ1) is 14.5. The Morgan fingerprint density at radius 2 is 1.93 bits per heavy atom. The van der Waals surface area contributed by atoms with Gasteiger partial charge in [0.25, 0.3) is 0 Å². The molecule has 1 saturated carbocycles. The lowest BCUT2D eigenvalue weighted by atomic mass is 9.80. The van der Waals surface area contributed by atoms with Crippen LogP contribution in [-0.4, -0.2) is 24.1 Å². The second kappa shape index (κ2) is 7.08. The Balaban J connectivity index is 1.21. The maximum absolute atomic E-state index is 12.7. The van der Waals surface area contributed by atoms with Gasteiger partial charge in [0.2, 0.25) is 0 Å². The highest BCUT2D eigenvalue weighted by Crippen LogP contribution is 2.55. The first-order valence-electron chi connectivity index (χ1n) is 10.8. The minimum absolute atomic E-state index is 0.0462. The number of anilines is 2. The summed E-state index contributed by atoms with van der Waals surface area (Å²) in [6, 6.07) is 12.7. The summed E-state index contributed by atoms with van der Waals surface area (Å²) in [5.74, 6) is 0.914. The van der Waals surface area contributed by atoms with Gasteiger partial charge in [-0.3, -0.25) is 0 Å². The van der Waals surface area contributed by atoms with Gasteiger partial charge in [-0.2, -0.15) is 0 Å². The van der Waals surface area contributed by atoms with Crippen molar-refractivity contribution in [3.05, 3.63) is 64.9 Å². The van der Waals surface area contributed by atoms with Gasteiger partial charge in [-0.05, 0) is 80.5 Å². The summed E-state index contributed by atoms with van der Waals surface area (Å²) >= 11 is 0. The van der Waals surface area contributed by atoms with Gasteiger partial charge in [0, 0.05) is 28.5 Å². The topological polar surface area (TPSA) is 53.6 Å². The number of methoxy groups -OCH3 is 1. The van der Waals surface area contributed by atoms with E-state index < -0.39 is 0 Å². The third-order valence-electron chi connectivity index (χ3n) is 7.08. The molecule has 2 N–H and O–H groups in total. The number of hydrogen-bond acceptors (Lipinski definition) is 3. The summed E-state index contributed by atoms with van der Waals surface area (Å²) in [6.07, 6.45) is 6.65. The standard InChI is InChI=1S/C25H29N3O2/c1-16-5-4-6-21-20(16)15-28(24(29)27-21)19-9-11-25(12-10-19)14-23(25)26-18-7-8-22(30-3)17(2)13-18/h4-8,13-14,19,26H,9-12,15H2,1-3H3,(H,27,29). The summed E-state index contributed by atoms with van der Waals surface area (Å²) < 4.78 is 5.36. The predicted octanol–water partition coefficient (Wildman–Crippen LogP) is 5.60. The molecule has 0 saturated heterocycles. The highest BCUT2D eigenvalue weighted by molar-refractivity contribution is 5.92. The molecule has 0 bridgehead atoms. The fraction of sp³-hybridized carbons (Fsp3) is 0.400. The highest BCUT2D eigenvalue weighted by Gasteiger charge is 2.48. The molecule has 0 radical (unpaired) electrons. The van der Waals surface area contributed by atoms with Crippen molar-refractivity contribution in [2.45, 2.75) is 52.1 Å². The molecule has 1 heterocycles. The molecule has 2 aromatic carbocycles. The van der Waals surface area contributed by atoms with Crippen molar-refractivity contribution in [2.24, 2.45) is 5.41 Å². The lowest BCUT2D eigenvalue weighted by Gasteiger charge is -2.40. The van der Waals surface area contributed by atoms with Crippen LogP contribution in [0.5, 0.6) is 5.75 Å². The van der Waals surface area contributed by atoms with Crippen LogP contribution in [0.2, 0.25) is 0 Å². The number of rotatable bonds is 4. The first kappa shape index (κ1) is 19.0. The maximum Gasteiger partial charge on any atom is 0.322 e. The van der Waals surface area contributed by atoms with Gasteiger partial charge < -0.3 is 20.3 Å². The van der Waals surface area contributed by atoms with E-state index in [2.05, 4.69) is 48.8 Å². The number of hydrogen-bond donors (Lipinski definition) is 2. The fourth-order valence-electron chi connectivity index (χ4n) is 5.11. The third-order valence-corrected chi connectivity index (χ3v) is 7.08. The zero-order valence-corrected chi connectivity index (χ0v) is 17.9. The van der Waals surface area contributed by atoms with Crippen molar-refractivity contribution >= 4 is 17.4 Å².